The van der Waals surface area contributed by atoms with E-state index in [1.165, 1.54) is 0 Å². The second kappa shape index (κ2) is 8.72. The molecule has 4 nitrogen and oxygen atoms in total. The molecule has 122 valence electrons. The van der Waals surface area contributed by atoms with Gasteiger partial charge in [-0.1, -0.05) is 42.5 Å². The highest BCUT2D eigenvalue weighted by atomic mass is 32.2. The zero-order chi connectivity index (χ0) is 16.7. The van der Waals surface area contributed by atoms with Crippen molar-refractivity contribution in [3.8, 4) is 0 Å². The molecule has 2 rings (SSSR count). The summed E-state index contributed by atoms with van der Waals surface area (Å²) in [6.45, 7) is 0.633. The molecule has 1 atom stereocenters. The standard InChI is InChI=1S/C18H22N2O2S/c1-20(12-16(21)14-8-4-3-5-9-14)13-18(22)19-15-10-6-7-11-17(15)23-2/h3-11,16,21H,12-13H2,1-2H3,(H,19,22). The highest BCUT2D eigenvalue weighted by Gasteiger charge is 2.14. The molecule has 0 aromatic heterocycles. The fourth-order valence-electron chi connectivity index (χ4n) is 2.32. The smallest absolute Gasteiger partial charge is 0.238 e. The first-order valence-corrected chi connectivity index (χ1v) is 8.67. The minimum Gasteiger partial charge on any atom is -0.387 e. The molecular weight excluding hydrogens is 308 g/mol. The number of aliphatic hydroxyl groups excluding tert-OH is 1. The molecule has 0 aliphatic heterocycles. The fourth-order valence-corrected chi connectivity index (χ4v) is 2.88. The summed E-state index contributed by atoms with van der Waals surface area (Å²) in [4.78, 5) is 15.0. The molecule has 2 N–H and O–H groups in total. The molecule has 0 aliphatic carbocycles. The number of thioether (sulfide) groups is 1. The van der Waals surface area contributed by atoms with Crippen LogP contribution in [0.5, 0.6) is 0 Å². The lowest BCUT2D eigenvalue weighted by molar-refractivity contribution is -0.117. The molecular formula is C18H22N2O2S. The first kappa shape index (κ1) is 17.5. The van der Waals surface area contributed by atoms with Gasteiger partial charge in [-0.25, -0.2) is 0 Å². The Kier molecular flexibility index (Phi) is 6.65. The monoisotopic (exact) mass is 330 g/mol. The summed E-state index contributed by atoms with van der Waals surface area (Å²) in [5.41, 5.74) is 1.68. The number of nitrogens with one attached hydrogen (secondary N) is 1. The third-order valence-electron chi connectivity index (χ3n) is 3.46. The maximum Gasteiger partial charge on any atom is 0.238 e. The van der Waals surface area contributed by atoms with Crippen LogP contribution in [0.4, 0.5) is 5.69 Å². The number of rotatable bonds is 7. The number of para-hydroxylation sites is 1. The van der Waals surface area contributed by atoms with Crippen LogP contribution in [0.2, 0.25) is 0 Å². The van der Waals surface area contributed by atoms with Crippen LogP contribution in [0.3, 0.4) is 0 Å². The van der Waals surface area contributed by atoms with Gasteiger partial charge in [-0.2, -0.15) is 0 Å². The van der Waals surface area contributed by atoms with Crippen molar-refractivity contribution in [2.75, 3.05) is 31.7 Å². The van der Waals surface area contributed by atoms with Gasteiger partial charge in [0.1, 0.15) is 0 Å². The van der Waals surface area contributed by atoms with E-state index in [2.05, 4.69) is 5.32 Å². The maximum absolute atomic E-state index is 12.2. The number of aliphatic hydroxyl groups is 1. The summed E-state index contributed by atoms with van der Waals surface area (Å²) in [6.07, 6.45) is 1.38. The van der Waals surface area contributed by atoms with Crippen molar-refractivity contribution in [1.29, 1.82) is 0 Å². The van der Waals surface area contributed by atoms with E-state index in [1.807, 2.05) is 72.8 Å². The van der Waals surface area contributed by atoms with Gasteiger partial charge in [0.25, 0.3) is 0 Å². The average Bonchev–Trinajstić information content (AvgIpc) is 2.55. The predicted molar refractivity (Wildman–Crippen MR) is 95.8 cm³/mol. The van der Waals surface area contributed by atoms with Crippen molar-refractivity contribution >= 4 is 23.4 Å². The summed E-state index contributed by atoms with van der Waals surface area (Å²) in [5.74, 6) is -0.0886. The lowest BCUT2D eigenvalue weighted by Crippen LogP contribution is -2.33. The van der Waals surface area contributed by atoms with Crippen molar-refractivity contribution in [2.45, 2.75) is 11.0 Å². The van der Waals surface area contributed by atoms with Crippen molar-refractivity contribution in [3.05, 3.63) is 60.2 Å². The van der Waals surface area contributed by atoms with E-state index in [0.717, 1.165) is 16.1 Å². The molecule has 0 fully saturated rings. The van der Waals surface area contributed by atoms with Crippen molar-refractivity contribution in [2.24, 2.45) is 0 Å². The van der Waals surface area contributed by atoms with Gasteiger partial charge in [0.2, 0.25) is 5.91 Å². The first-order valence-electron chi connectivity index (χ1n) is 7.44. The van der Waals surface area contributed by atoms with E-state index >= 15 is 0 Å². The molecule has 0 bridgehead atoms. The molecule has 0 spiro atoms. The molecule has 0 saturated heterocycles. The topological polar surface area (TPSA) is 52.6 Å². The molecule has 1 unspecified atom stereocenters. The van der Waals surface area contributed by atoms with Crippen LogP contribution in [0.1, 0.15) is 11.7 Å². The van der Waals surface area contributed by atoms with Gasteiger partial charge in [0.05, 0.1) is 18.3 Å². The first-order chi connectivity index (χ1) is 11.1. The number of carbonyl (C=O) groups excluding carboxylic acids is 1. The zero-order valence-electron chi connectivity index (χ0n) is 13.4. The number of carbonyl (C=O) groups is 1. The second-order valence-electron chi connectivity index (χ2n) is 5.37. The van der Waals surface area contributed by atoms with Gasteiger partial charge in [-0.05, 0) is 31.0 Å². The fraction of sp³-hybridized carbons (Fsp3) is 0.278. The third kappa shape index (κ3) is 5.39. The third-order valence-corrected chi connectivity index (χ3v) is 4.26. The Hall–Kier alpha value is -1.82. The summed E-state index contributed by atoms with van der Waals surface area (Å²) in [6, 6.07) is 17.2. The zero-order valence-corrected chi connectivity index (χ0v) is 14.2. The Balaban J connectivity index is 1.87. The Bertz CT molecular complexity index is 634. The van der Waals surface area contributed by atoms with Gasteiger partial charge in [0, 0.05) is 11.4 Å². The van der Waals surface area contributed by atoms with Gasteiger partial charge in [-0.3, -0.25) is 9.69 Å². The molecule has 0 saturated carbocycles. The molecule has 5 heteroatoms. The van der Waals surface area contributed by atoms with E-state index < -0.39 is 6.10 Å². The molecule has 0 radical (unpaired) electrons. The molecule has 2 aromatic rings. The van der Waals surface area contributed by atoms with E-state index in [-0.39, 0.29) is 12.5 Å². The van der Waals surface area contributed by atoms with Gasteiger partial charge >= 0.3 is 0 Å². The van der Waals surface area contributed by atoms with Crippen LogP contribution in [0, 0.1) is 0 Å². The van der Waals surface area contributed by atoms with Crippen LogP contribution >= 0.6 is 11.8 Å². The van der Waals surface area contributed by atoms with E-state index in [9.17, 15) is 9.90 Å². The van der Waals surface area contributed by atoms with Crippen molar-refractivity contribution < 1.29 is 9.90 Å². The largest absolute Gasteiger partial charge is 0.387 e. The highest BCUT2D eigenvalue weighted by molar-refractivity contribution is 7.98. The summed E-state index contributed by atoms with van der Waals surface area (Å²) in [7, 11) is 1.83. The number of hydrogen-bond acceptors (Lipinski definition) is 4. The number of hydrogen-bond donors (Lipinski definition) is 2. The molecule has 1 amide bonds. The Morgan fingerprint density at radius 2 is 1.83 bits per heavy atom. The molecule has 2 aromatic carbocycles. The summed E-state index contributed by atoms with van der Waals surface area (Å²) >= 11 is 1.60. The van der Waals surface area contributed by atoms with Crippen molar-refractivity contribution in [1.82, 2.24) is 4.90 Å². The van der Waals surface area contributed by atoms with E-state index in [0.29, 0.717) is 6.54 Å². The number of likely N-dealkylation sites (N-methyl/N-ethyl adjacent to an activating group) is 1. The van der Waals surface area contributed by atoms with Crippen molar-refractivity contribution in [3.63, 3.8) is 0 Å². The number of benzene rings is 2. The molecule has 0 aliphatic rings. The van der Waals surface area contributed by atoms with Crippen LogP contribution in [0.25, 0.3) is 0 Å². The van der Waals surface area contributed by atoms with Gasteiger partial charge in [-0.15, -0.1) is 11.8 Å². The van der Waals surface area contributed by atoms with Crippen LogP contribution in [-0.2, 0) is 4.79 Å². The van der Waals surface area contributed by atoms with Crippen LogP contribution in [0.15, 0.2) is 59.5 Å². The number of amides is 1. The Labute approximate surface area is 141 Å². The number of anilines is 1. The highest BCUT2D eigenvalue weighted by Crippen LogP contribution is 2.24. The minimum atomic E-state index is -0.604. The lowest BCUT2D eigenvalue weighted by Gasteiger charge is -2.20. The Morgan fingerprint density at radius 1 is 1.17 bits per heavy atom. The van der Waals surface area contributed by atoms with Gasteiger partial charge in [0.15, 0.2) is 0 Å². The average molecular weight is 330 g/mol. The molecule has 0 heterocycles. The van der Waals surface area contributed by atoms with Crippen LogP contribution < -0.4 is 5.32 Å². The number of nitrogens with zero attached hydrogens (tertiary/aromatic N) is 1. The lowest BCUT2D eigenvalue weighted by atomic mass is 10.1. The minimum absolute atomic E-state index is 0.0886. The normalized spacial score (nSPS) is 12.2. The van der Waals surface area contributed by atoms with E-state index in [4.69, 9.17) is 0 Å². The SMILES string of the molecule is CSc1ccccc1NC(=O)CN(C)CC(O)c1ccccc1. The predicted octanol–water partition coefficient (Wildman–Crippen LogP) is 3.01. The van der Waals surface area contributed by atoms with Gasteiger partial charge < -0.3 is 10.4 Å². The quantitative estimate of drug-likeness (QED) is 0.766. The Morgan fingerprint density at radius 3 is 2.52 bits per heavy atom. The van der Waals surface area contributed by atoms with Crippen LogP contribution in [-0.4, -0.2) is 42.3 Å². The maximum atomic E-state index is 12.2. The summed E-state index contributed by atoms with van der Waals surface area (Å²) < 4.78 is 0. The molecule has 23 heavy (non-hydrogen) atoms. The summed E-state index contributed by atoms with van der Waals surface area (Å²) in [5, 5.41) is 13.1. The second-order valence-corrected chi connectivity index (χ2v) is 6.22. The van der Waals surface area contributed by atoms with E-state index in [1.54, 1.807) is 11.8 Å².